The van der Waals surface area contributed by atoms with Crippen molar-refractivity contribution in [1.82, 2.24) is 9.78 Å². The third kappa shape index (κ3) is 2.34. The van der Waals surface area contributed by atoms with Gasteiger partial charge in [0.1, 0.15) is 5.75 Å². The van der Waals surface area contributed by atoms with Crippen LogP contribution in [0.3, 0.4) is 0 Å². The molecule has 1 aliphatic rings. The van der Waals surface area contributed by atoms with E-state index in [-0.39, 0.29) is 0 Å². The second kappa shape index (κ2) is 4.87. The Labute approximate surface area is 114 Å². The van der Waals surface area contributed by atoms with Gasteiger partial charge in [0.05, 0.1) is 18.7 Å². The zero-order valence-electron chi connectivity index (χ0n) is 12.0. The second-order valence-corrected chi connectivity index (χ2v) is 5.90. The van der Waals surface area contributed by atoms with Crippen molar-refractivity contribution in [2.45, 2.75) is 45.6 Å². The zero-order valence-corrected chi connectivity index (χ0v) is 12.0. The lowest BCUT2D eigenvalue weighted by molar-refractivity contribution is 0.275. The first kappa shape index (κ1) is 12.5. The van der Waals surface area contributed by atoms with Crippen LogP contribution < -0.4 is 4.74 Å². The quantitative estimate of drug-likeness (QED) is 0.810. The fourth-order valence-corrected chi connectivity index (χ4v) is 3.10. The molecule has 3 nitrogen and oxygen atoms in total. The SMILES string of the molecule is COc1cc2nn(C3CCC(C)CC3)cc2cc1C. The molecule has 0 atom stereocenters. The monoisotopic (exact) mass is 258 g/mol. The molecule has 0 spiro atoms. The topological polar surface area (TPSA) is 27.1 Å². The predicted octanol–water partition coefficient (Wildman–Crippen LogP) is 4.10. The summed E-state index contributed by atoms with van der Waals surface area (Å²) in [5, 5.41) is 5.97. The molecule has 1 saturated carbocycles. The van der Waals surface area contributed by atoms with Gasteiger partial charge in [-0.25, -0.2) is 0 Å². The van der Waals surface area contributed by atoms with Gasteiger partial charge in [-0.2, -0.15) is 5.10 Å². The van der Waals surface area contributed by atoms with Gasteiger partial charge in [-0.05, 0) is 50.2 Å². The Hall–Kier alpha value is -1.51. The van der Waals surface area contributed by atoms with Crippen molar-refractivity contribution in [2.75, 3.05) is 7.11 Å². The number of benzene rings is 1. The standard InChI is InChI=1S/C16H22N2O/c1-11-4-6-14(7-5-11)18-10-13-8-12(2)16(19-3)9-15(13)17-18/h8-11,14H,4-7H2,1-3H3. The van der Waals surface area contributed by atoms with E-state index in [1.807, 2.05) is 6.07 Å². The van der Waals surface area contributed by atoms with Gasteiger partial charge in [0.25, 0.3) is 0 Å². The Balaban J connectivity index is 1.93. The molecular formula is C16H22N2O. The Morgan fingerprint density at radius 3 is 2.63 bits per heavy atom. The summed E-state index contributed by atoms with van der Waals surface area (Å²) in [7, 11) is 1.72. The molecule has 1 heterocycles. The van der Waals surface area contributed by atoms with Gasteiger partial charge in [-0.1, -0.05) is 6.92 Å². The highest BCUT2D eigenvalue weighted by Crippen LogP contribution is 2.33. The maximum absolute atomic E-state index is 5.37. The van der Waals surface area contributed by atoms with E-state index in [2.05, 4.69) is 30.8 Å². The summed E-state index contributed by atoms with van der Waals surface area (Å²) < 4.78 is 7.55. The molecule has 0 amide bonds. The Kier molecular flexibility index (Phi) is 3.21. The molecule has 1 aromatic heterocycles. The molecule has 2 aromatic rings. The molecule has 0 aliphatic heterocycles. The first-order valence-corrected chi connectivity index (χ1v) is 7.21. The molecule has 1 fully saturated rings. The fraction of sp³-hybridized carbons (Fsp3) is 0.562. The number of aryl methyl sites for hydroxylation is 1. The average molecular weight is 258 g/mol. The van der Waals surface area contributed by atoms with Gasteiger partial charge in [0, 0.05) is 17.6 Å². The Morgan fingerprint density at radius 1 is 1.21 bits per heavy atom. The number of ether oxygens (including phenoxy) is 1. The first-order valence-electron chi connectivity index (χ1n) is 7.21. The number of fused-ring (bicyclic) bond motifs is 1. The highest BCUT2D eigenvalue weighted by molar-refractivity contribution is 5.81. The van der Waals surface area contributed by atoms with Crippen LogP contribution in [0.4, 0.5) is 0 Å². The van der Waals surface area contributed by atoms with E-state index < -0.39 is 0 Å². The third-order valence-electron chi connectivity index (χ3n) is 4.40. The lowest BCUT2D eigenvalue weighted by Crippen LogP contribution is -2.16. The van der Waals surface area contributed by atoms with Crippen LogP contribution in [0.2, 0.25) is 0 Å². The molecule has 0 unspecified atom stereocenters. The Bertz CT molecular complexity index is 580. The second-order valence-electron chi connectivity index (χ2n) is 5.90. The number of nitrogens with zero attached hydrogens (tertiary/aromatic N) is 2. The van der Waals surface area contributed by atoms with E-state index in [0.717, 1.165) is 17.2 Å². The highest BCUT2D eigenvalue weighted by Gasteiger charge is 2.20. The van der Waals surface area contributed by atoms with Crippen LogP contribution in [0.15, 0.2) is 18.3 Å². The summed E-state index contributed by atoms with van der Waals surface area (Å²) in [5.41, 5.74) is 2.22. The normalized spacial score (nSPS) is 23.7. The van der Waals surface area contributed by atoms with E-state index in [1.54, 1.807) is 7.11 Å². The van der Waals surface area contributed by atoms with Gasteiger partial charge in [-0.3, -0.25) is 4.68 Å². The molecule has 3 heteroatoms. The van der Waals surface area contributed by atoms with Crippen molar-refractivity contribution in [2.24, 2.45) is 5.92 Å². The van der Waals surface area contributed by atoms with E-state index in [1.165, 1.54) is 36.6 Å². The van der Waals surface area contributed by atoms with Crippen molar-refractivity contribution in [1.29, 1.82) is 0 Å². The molecule has 1 aliphatic carbocycles. The maximum atomic E-state index is 5.37. The minimum Gasteiger partial charge on any atom is -0.496 e. The van der Waals surface area contributed by atoms with Gasteiger partial charge >= 0.3 is 0 Å². The van der Waals surface area contributed by atoms with E-state index in [0.29, 0.717) is 6.04 Å². The lowest BCUT2D eigenvalue weighted by atomic mass is 9.87. The minimum atomic E-state index is 0.579. The Morgan fingerprint density at radius 2 is 1.95 bits per heavy atom. The molecular weight excluding hydrogens is 236 g/mol. The van der Waals surface area contributed by atoms with Gasteiger partial charge < -0.3 is 4.74 Å². The minimum absolute atomic E-state index is 0.579. The smallest absolute Gasteiger partial charge is 0.124 e. The molecule has 1 aromatic carbocycles. The largest absolute Gasteiger partial charge is 0.496 e. The van der Waals surface area contributed by atoms with Crippen LogP contribution in [-0.4, -0.2) is 16.9 Å². The summed E-state index contributed by atoms with van der Waals surface area (Å²) in [6.07, 6.45) is 7.35. The number of aromatic nitrogens is 2. The first-order chi connectivity index (χ1) is 9.17. The molecule has 0 bridgehead atoms. The molecule has 102 valence electrons. The maximum Gasteiger partial charge on any atom is 0.124 e. The number of rotatable bonds is 2. The van der Waals surface area contributed by atoms with Gasteiger partial charge in [0.15, 0.2) is 0 Å². The molecule has 0 saturated heterocycles. The molecule has 19 heavy (non-hydrogen) atoms. The van der Waals surface area contributed by atoms with Crippen LogP contribution in [0, 0.1) is 12.8 Å². The van der Waals surface area contributed by atoms with E-state index >= 15 is 0 Å². The van der Waals surface area contributed by atoms with Crippen molar-refractivity contribution in [3.05, 3.63) is 23.9 Å². The van der Waals surface area contributed by atoms with Gasteiger partial charge in [-0.15, -0.1) is 0 Å². The fourth-order valence-electron chi connectivity index (χ4n) is 3.10. The zero-order chi connectivity index (χ0) is 13.4. The van der Waals surface area contributed by atoms with Crippen molar-refractivity contribution >= 4 is 10.9 Å². The molecule has 0 radical (unpaired) electrons. The number of hydrogen-bond acceptors (Lipinski definition) is 2. The van der Waals surface area contributed by atoms with Crippen molar-refractivity contribution < 1.29 is 4.74 Å². The average Bonchev–Trinajstić information content (AvgIpc) is 2.81. The van der Waals surface area contributed by atoms with Crippen LogP contribution in [0.1, 0.15) is 44.2 Å². The number of hydrogen-bond donors (Lipinski definition) is 0. The van der Waals surface area contributed by atoms with Crippen molar-refractivity contribution in [3.8, 4) is 5.75 Å². The molecule has 0 N–H and O–H groups in total. The van der Waals surface area contributed by atoms with Crippen LogP contribution in [0.5, 0.6) is 5.75 Å². The van der Waals surface area contributed by atoms with E-state index in [4.69, 9.17) is 9.84 Å². The predicted molar refractivity (Wildman–Crippen MR) is 77.7 cm³/mol. The highest BCUT2D eigenvalue weighted by atomic mass is 16.5. The number of methoxy groups -OCH3 is 1. The van der Waals surface area contributed by atoms with Crippen LogP contribution in [0.25, 0.3) is 10.9 Å². The summed E-state index contributed by atoms with van der Waals surface area (Å²) in [5.74, 6) is 1.80. The third-order valence-corrected chi connectivity index (χ3v) is 4.40. The molecule has 3 rings (SSSR count). The summed E-state index contributed by atoms with van der Waals surface area (Å²) in [6.45, 7) is 4.43. The van der Waals surface area contributed by atoms with Crippen LogP contribution >= 0.6 is 0 Å². The van der Waals surface area contributed by atoms with Crippen molar-refractivity contribution in [3.63, 3.8) is 0 Å². The van der Waals surface area contributed by atoms with Crippen LogP contribution in [-0.2, 0) is 0 Å². The lowest BCUT2D eigenvalue weighted by Gasteiger charge is -2.26. The summed E-state index contributed by atoms with van der Waals surface area (Å²) >= 11 is 0. The van der Waals surface area contributed by atoms with Gasteiger partial charge in [0.2, 0.25) is 0 Å². The summed E-state index contributed by atoms with van der Waals surface area (Å²) in [6, 6.07) is 4.80. The van der Waals surface area contributed by atoms with E-state index in [9.17, 15) is 0 Å². The summed E-state index contributed by atoms with van der Waals surface area (Å²) in [4.78, 5) is 0.